The lowest BCUT2D eigenvalue weighted by molar-refractivity contribution is -0.141. The van der Waals surface area contributed by atoms with Crippen LogP contribution in [0.2, 0.25) is 0 Å². The number of methoxy groups -OCH3 is 1. The summed E-state index contributed by atoms with van der Waals surface area (Å²) in [4.78, 5) is 25.0. The number of benzene rings is 1. The molecule has 0 radical (unpaired) electrons. The van der Waals surface area contributed by atoms with E-state index in [1.54, 1.807) is 6.07 Å². The van der Waals surface area contributed by atoms with Crippen molar-refractivity contribution in [2.75, 3.05) is 20.2 Å². The van der Waals surface area contributed by atoms with Crippen LogP contribution in [0, 0.1) is 6.92 Å². The zero-order valence-corrected chi connectivity index (χ0v) is 12.3. The predicted molar refractivity (Wildman–Crippen MR) is 72.5 cm³/mol. The third kappa shape index (κ3) is 3.57. The number of esters is 1. The fourth-order valence-corrected chi connectivity index (χ4v) is 1.94. The molecule has 0 N–H and O–H groups in total. The Morgan fingerprint density at radius 3 is 2.61 bits per heavy atom. The van der Waals surface area contributed by atoms with Crippen LogP contribution in [0.4, 0.5) is 0 Å². The number of hydrogen-bond donors (Lipinski definition) is 0. The quantitative estimate of drug-likeness (QED) is 0.802. The van der Waals surface area contributed by atoms with Crippen molar-refractivity contribution in [2.45, 2.75) is 13.8 Å². The van der Waals surface area contributed by atoms with Gasteiger partial charge in [0.15, 0.2) is 0 Å². The highest BCUT2D eigenvalue weighted by atomic mass is 79.9. The molecule has 0 aromatic heterocycles. The van der Waals surface area contributed by atoms with Crippen molar-refractivity contribution < 1.29 is 14.3 Å². The molecule has 0 bridgehead atoms. The maximum Gasteiger partial charge on any atom is 0.325 e. The Kier molecular flexibility index (Phi) is 5.34. The van der Waals surface area contributed by atoms with Gasteiger partial charge in [-0.25, -0.2) is 0 Å². The number of nitrogens with zero attached hydrogens (tertiary/aromatic N) is 1. The molecule has 1 aromatic carbocycles. The van der Waals surface area contributed by atoms with E-state index in [9.17, 15) is 9.59 Å². The number of amides is 1. The van der Waals surface area contributed by atoms with Crippen LogP contribution in [0.3, 0.4) is 0 Å². The van der Waals surface area contributed by atoms with Gasteiger partial charge in [-0.1, -0.05) is 11.6 Å². The smallest absolute Gasteiger partial charge is 0.325 e. The normalized spacial score (nSPS) is 10.0. The minimum Gasteiger partial charge on any atom is -0.468 e. The zero-order chi connectivity index (χ0) is 13.7. The van der Waals surface area contributed by atoms with E-state index >= 15 is 0 Å². The van der Waals surface area contributed by atoms with Gasteiger partial charge in [0.05, 0.1) is 12.7 Å². The number of halogens is 1. The first-order valence-electron chi connectivity index (χ1n) is 5.61. The molecule has 18 heavy (non-hydrogen) atoms. The summed E-state index contributed by atoms with van der Waals surface area (Å²) in [6.45, 7) is 4.16. The molecule has 98 valence electrons. The number of carbonyl (C=O) groups excluding carboxylic acids is 2. The summed E-state index contributed by atoms with van der Waals surface area (Å²) in [6.07, 6.45) is 0. The first-order chi connectivity index (χ1) is 8.49. The summed E-state index contributed by atoms with van der Waals surface area (Å²) in [6, 6.07) is 5.54. The maximum atomic E-state index is 12.3. The lowest BCUT2D eigenvalue weighted by atomic mass is 10.1. The first kappa shape index (κ1) is 14.7. The summed E-state index contributed by atoms with van der Waals surface area (Å²) in [5.74, 6) is -0.604. The van der Waals surface area contributed by atoms with Crippen LogP contribution < -0.4 is 0 Å². The predicted octanol–water partition coefficient (Wildman–Crippen LogP) is 2.39. The zero-order valence-electron chi connectivity index (χ0n) is 10.7. The molecule has 4 nitrogen and oxygen atoms in total. The van der Waals surface area contributed by atoms with Gasteiger partial charge < -0.3 is 9.64 Å². The molecule has 0 aliphatic carbocycles. The average molecular weight is 314 g/mol. The lowest BCUT2D eigenvalue weighted by Gasteiger charge is -2.20. The Morgan fingerprint density at radius 1 is 1.39 bits per heavy atom. The van der Waals surface area contributed by atoms with Crippen LogP contribution in [0.1, 0.15) is 22.8 Å². The van der Waals surface area contributed by atoms with Gasteiger partial charge in [-0.3, -0.25) is 9.59 Å². The third-order valence-corrected chi connectivity index (χ3v) is 3.26. The largest absolute Gasteiger partial charge is 0.468 e. The molecule has 0 atom stereocenters. The number of rotatable bonds is 4. The van der Waals surface area contributed by atoms with Gasteiger partial charge in [0.25, 0.3) is 5.91 Å². The highest BCUT2D eigenvalue weighted by Crippen LogP contribution is 2.19. The average Bonchev–Trinajstić information content (AvgIpc) is 2.37. The van der Waals surface area contributed by atoms with Crippen LogP contribution in [-0.4, -0.2) is 37.0 Å². The molecule has 0 aliphatic heterocycles. The molecule has 0 saturated carbocycles. The molecule has 0 unspecified atom stereocenters. The summed E-state index contributed by atoms with van der Waals surface area (Å²) >= 11 is 3.35. The fourth-order valence-electron chi connectivity index (χ4n) is 1.52. The Balaban J connectivity index is 2.96. The SMILES string of the molecule is CCN(CC(=O)OC)C(=O)c1cc(C)ccc1Br. The van der Waals surface area contributed by atoms with Crippen molar-refractivity contribution in [2.24, 2.45) is 0 Å². The van der Waals surface area contributed by atoms with Crippen molar-refractivity contribution >= 4 is 27.8 Å². The molecule has 1 rings (SSSR count). The molecule has 0 aliphatic rings. The van der Waals surface area contributed by atoms with Gasteiger partial charge in [0.1, 0.15) is 6.54 Å². The van der Waals surface area contributed by atoms with Crippen LogP contribution in [0.15, 0.2) is 22.7 Å². The minimum absolute atomic E-state index is 0.0355. The minimum atomic E-state index is -0.422. The van der Waals surface area contributed by atoms with E-state index in [4.69, 9.17) is 0 Å². The number of ether oxygens (including phenoxy) is 1. The van der Waals surface area contributed by atoms with Gasteiger partial charge in [-0.15, -0.1) is 0 Å². The summed E-state index contributed by atoms with van der Waals surface area (Å²) in [5, 5.41) is 0. The Hall–Kier alpha value is -1.36. The van der Waals surface area contributed by atoms with E-state index in [2.05, 4.69) is 20.7 Å². The fraction of sp³-hybridized carbons (Fsp3) is 0.385. The molecule has 5 heteroatoms. The standard InChI is InChI=1S/C13H16BrNO3/c1-4-15(8-12(16)18-3)13(17)10-7-9(2)5-6-11(10)14/h5-7H,4,8H2,1-3H3. The topological polar surface area (TPSA) is 46.6 Å². The van der Waals surface area contributed by atoms with E-state index in [0.29, 0.717) is 12.1 Å². The number of carbonyl (C=O) groups is 2. The second kappa shape index (κ2) is 6.54. The number of likely N-dealkylation sites (N-methyl/N-ethyl adjacent to an activating group) is 1. The molecular weight excluding hydrogens is 298 g/mol. The molecule has 0 spiro atoms. The Morgan fingerprint density at radius 2 is 2.06 bits per heavy atom. The summed E-state index contributed by atoms with van der Waals surface area (Å²) in [7, 11) is 1.31. The van der Waals surface area contributed by atoms with Crippen LogP contribution in [0.25, 0.3) is 0 Å². The van der Waals surface area contributed by atoms with Crippen LogP contribution in [0.5, 0.6) is 0 Å². The molecule has 0 saturated heterocycles. The van der Waals surface area contributed by atoms with Crippen molar-refractivity contribution in [3.05, 3.63) is 33.8 Å². The monoisotopic (exact) mass is 313 g/mol. The number of aryl methyl sites for hydroxylation is 1. The van der Waals surface area contributed by atoms with E-state index in [1.165, 1.54) is 12.0 Å². The van der Waals surface area contributed by atoms with Gasteiger partial charge in [0, 0.05) is 11.0 Å². The highest BCUT2D eigenvalue weighted by molar-refractivity contribution is 9.10. The van der Waals surface area contributed by atoms with Gasteiger partial charge >= 0.3 is 5.97 Å². The van der Waals surface area contributed by atoms with Gasteiger partial charge in [-0.2, -0.15) is 0 Å². The second-order valence-electron chi connectivity index (χ2n) is 3.88. The van der Waals surface area contributed by atoms with E-state index in [-0.39, 0.29) is 12.5 Å². The van der Waals surface area contributed by atoms with E-state index in [0.717, 1.165) is 10.0 Å². The maximum absolute atomic E-state index is 12.3. The second-order valence-corrected chi connectivity index (χ2v) is 4.73. The Labute approximate surface area is 115 Å². The lowest BCUT2D eigenvalue weighted by Crippen LogP contribution is -2.36. The highest BCUT2D eigenvalue weighted by Gasteiger charge is 2.19. The molecule has 1 amide bonds. The molecule has 0 fully saturated rings. The summed E-state index contributed by atoms with van der Waals surface area (Å²) < 4.78 is 5.30. The van der Waals surface area contributed by atoms with Crippen molar-refractivity contribution in [1.82, 2.24) is 4.90 Å². The molecular formula is C13H16BrNO3. The van der Waals surface area contributed by atoms with E-state index < -0.39 is 5.97 Å². The molecule has 1 aromatic rings. The van der Waals surface area contributed by atoms with Crippen LogP contribution in [-0.2, 0) is 9.53 Å². The van der Waals surface area contributed by atoms with Crippen molar-refractivity contribution in [1.29, 1.82) is 0 Å². The van der Waals surface area contributed by atoms with Crippen LogP contribution >= 0.6 is 15.9 Å². The Bertz CT molecular complexity index is 460. The molecule has 0 heterocycles. The van der Waals surface area contributed by atoms with Gasteiger partial charge in [0.2, 0.25) is 0 Å². The summed E-state index contributed by atoms with van der Waals surface area (Å²) in [5.41, 5.74) is 1.55. The van der Waals surface area contributed by atoms with Crippen molar-refractivity contribution in [3.8, 4) is 0 Å². The number of hydrogen-bond acceptors (Lipinski definition) is 3. The van der Waals surface area contributed by atoms with Crippen molar-refractivity contribution in [3.63, 3.8) is 0 Å². The van der Waals surface area contributed by atoms with E-state index in [1.807, 2.05) is 26.0 Å². The van der Waals surface area contributed by atoms with Gasteiger partial charge in [-0.05, 0) is 41.9 Å². The first-order valence-corrected chi connectivity index (χ1v) is 6.41. The third-order valence-electron chi connectivity index (χ3n) is 2.57.